The van der Waals surface area contributed by atoms with Crippen LogP contribution in [0, 0.1) is 0 Å². The van der Waals surface area contributed by atoms with Crippen LogP contribution in [-0.2, 0) is 51.6 Å². The summed E-state index contributed by atoms with van der Waals surface area (Å²) in [6.07, 6.45) is 13.1. The van der Waals surface area contributed by atoms with Crippen molar-refractivity contribution in [2.75, 3.05) is 83.0 Å². The van der Waals surface area contributed by atoms with Crippen molar-refractivity contribution in [1.29, 1.82) is 0 Å². The standard InChI is InChI=1S/C66H75N10O11PS2/c1-71-36-29-46(49-17-5-7-19-51(49)71)41-63-74(53-21-9-11-23-57(53)89-63)34-15-13-25-59(77)67-31-38-73(40-33-69-61(79)28-27-48-44-76(66(81)70-65(48)80)62-43-55(56(86-62)45-84-3)87-88(82,83)85-4)39-32-68-60(78)26-14-16-35-75-54-22-10-12-24-58(54)90-64(75)42-47-30-37-72(2)52-20-8-6-18-50(47)52/h5-12,17-24,27-30,36-37,41-42,44,55-56,62H,13-16,25-26,31-35,38-40,43,45H2,1-4H3,(H3-2,67,68,69,70,77,78,79,80,81,82,83)/p+2/b28-27+. The van der Waals surface area contributed by atoms with Crippen molar-refractivity contribution in [2.45, 2.75) is 73.2 Å². The number of hydrogen-bond donors (Lipinski definition) is 5. The van der Waals surface area contributed by atoms with Crippen LogP contribution in [0.1, 0.15) is 67.9 Å². The van der Waals surface area contributed by atoms with E-state index >= 15 is 0 Å². The third kappa shape index (κ3) is 16.6. The van der Waals surface area contributed by atoms with E-state index in [0.29, 0.717) is 58.4 Å². The number of benzene rings is 4. The number of nitrogens with one attached hydrogen (secondary N) is 4. The molecule has 472 valence electrons. The number of carbonyl (C=O) groups is 3. The number of phosphoric acid groups is 1. The fourth-order valence-corrected chi connectivity index (χ4v) is 14.2. The highest BCUT2D eigenvalue weighted by atomic mass is 32.2. The van der Waals surface area contributed by atoms with Crippen LogP contribution in [0.4, 0.5) is 11.4 Å². The average molecular weight is 1280 g/mol. The van der Waals surface area contributed by atoms with Crippen LogP contribution in [0.25, 0.3) is 40.0 Å². The van der Waals surface area contributed by atoms with Crippen LogP contribution in [-0.4, -0.2) is 122 Å². The Labute approximate surface area is 531 Å². The van der Waals surface area contributed by atoms with E-state index in [9.17, 15) is 33.4 Å². The van der Waals surface area contributed by atoms with Gasteiger partial charge in [0.1, 0.15) is 32.5 Å². The molecule has 3 amide bonds. The van der Waals surface area contributed by atoms with Gasteiger partial charge in [0.05, 0.1) is 44.4 Å². The zero-order valence-electron chi connectivity index (χ0n) is 51.0. The molecule has 90 heavy (non-hydrogen) atoms. The van der Waals surface area contributed by atoms with Crippen LogP contribution >= 0.6 is 31.3 Å². The van der Waals surface area contributed by atoms with Crippen molar-refractivity contribution in [3.63, 3.8) is 0 Å². The average Bonchev–Trinajstić information content (AvgIpc) is 1.71. The van der Waals surface area contributed by atoms with Gasteiger partial charge in [-0.05, 0) is 91.4 Å². The molecule has 0 aliphatic carbocycles. The number of aryl methyl sites for hydroxylation is 2. The fourth-order valence-electron chi connectivity index (χ4n) is 11.3. The highest BCUT2D eigenvalue weighted by Gasteiger charge is 2.42. The molecule has 0 saturated carbocycles. The van der Waals surface area contributed by atoms with Crippen molar-refractivity contribution in [1.82, 2.24) is 30.4 Å². The lowest BCUT2D eigenvalue weighted by molar-refractivity contribution is -0.645. The van der Waals surface area contributed by atoms with Crippen LogP contribution in [0.2, 0.25) is 0 Å². The minimum absolute atomic E-state index is 0.0266. The van der Waals surface area contributed by atoms with E-state index < -0.39 is 43.4 Å². The number of H-pyrrole nitrogens is 1. The molecule has 24 heteroatoms. The lowest BCUT2D eigenvalue weighted by Gasteiger charge is -2.23. The molecule has 3 aliphatic rings. The molecular formula is C66H77N10O11PS2+2. The number of pyridine rings is 2. The molecule has 0 bridgehead atoms. The number of aromatic amines is 1. The van der Waals surface area contributed by atoms with Gasteiger partial charge in [-0.25, -0.2) is 18.5 Å². The first-order valence-corrected chi connectivity index (χ1v) is 33.3. The lowest BCUT2D eigenvalue weighted by atomic mass is 10.1. The lowest BCUT2D eigenvalue weighted by Crippen LogP contribution is -2.42. The van der Waals surface area contributed by atoms with Gasteiger partial charge in [0.15, 0.2) is 12.4 Å². The number of phosphoric ester groups is 1. The SMILES string of the molecule is COCC1OC(n2cc(/C=C/C(=O)NCCN(CCNC(=O)CCCCN3/C(=C/c4cc[n+](C)c5ccccc45)Sc4ccccc43)CCNC(=O)CCCCN3/C(=C/c4cc[n+](C)c5ccccc45)Sc4ccccc43)c(=O)[nH]c2=O)CC1OP(=O)(O)OC. The maximum Gasteiger partial charge on any atom is 0.472 e. The quantitative estimate of drug-likeness (QED) is 0.0130. The van der Waals surface area contributed by atoms with Crippen LogP contribution < -0.4 is 46.1 Å². The van der Waals surface area contributed by atoms with E-state index in [1.165, 1.54) is 46.0 Å². The number of thioether (sulfide) groups is 2. The predicted molar refractivity (Wildman–Crippen MR) is 351 cm³/mol. The Balaban J connectivity index is 0.728. The largest absolute Gasteiger partial charge is 0.472 e. The zero-order chi connectivity index (χ0) is 63.2. The Bertz CT molecular complexity index is 3830. The Morgan fingerprint density at radius 2 is 1.22 bits per heavy atom. The van der Waals surface area contributed by atoms with E-state index in [4.69, 9.17) is 14.0 Å². The molecule has 0 spiro atoms. The number of aromatic nitrogens is 4. The van der Waals surface area contributed by atoms with Crippen molar-refractivity contribution in [2.24, 2.45) is 14.1 Å². The van der Waals surface area contributed by atoms with Crippen molar-refractivity contribution >= 4 is 100 Å². The Morgan fingerprint density at radius 3 is 1.76 bits per heavy atom. The third-order valence-electron chi connectivity index (χ3n) is 16.0. The minimum atomic E-state index is -4.43. The molecule has 3 aromatic heterocycles. The first-order valence-electron chi connectivity index (χ1n) is 30.2. The molecular weight excluding hydrogens is 1200 g/mol. The van der Waals surface area contributed by atoms with E-state index in [1.54, 1.807) is 23.5 Å². The fraction of sp³-hybridized carbons (Fsp3) is 0.348. The minimum Gasteiger partial charge on any atom is -0.382 e. The van der Waals surface area contributed by atoms with Gasteiger partial charge in [-0.1, -0.05) is 72.1 Å². The number of para-hydroxylation sites is 4. The van der Waals surface area contributed by atoms with Crippen molar-refractivity contribution in [3.8, 4) is 0 Å². The van der Waals surface area contributed by atoms with E-state index in [2.05, 4.69) is 197 Å². The summed E-state index contributed by atoms with van der Waals surface area (Å²) < 4.78 is 38.6. The number of amides is 3. The highest BCUT2D eigenvalue weighted by Crippen LogP contribution is 2.49. The summed E-state index contributed by atoms with van der Waals surface area (Å²) in [5.74, 6) is -0.644. The number of anilines is 2. The summed E-state index contributed by atoms with van der Waals surface area (Å²) in [6.45, 7) is 3.59. The van der Waals surface area contributed by atoms with Crippen molar-refractivity contribution < 1.29 is 51.5 Å². The van der Waals surface area contributed by atoms with Gasteiger partial charge in [0.25, 0.3) is 5.56 Å². The summed E-state index contributed by atoms with van der Waals surface area (Å²) in [5.41, 5.74) is 5.33. The molecule has 0 radical (unpaired) electrons. The number of methoxy groups -OCH3 is 1. The highest BCUT2D eigenvalue weighted by molar-refractivity contribution is 8.04. The summed E-state index contributed by atoms with van der Waals surface area (Å²) in [4.78, 5) is 87.3. The number of nitrogens with zero attached hydrogens (tertiary/aromatic N) is 6. The summed E-state index contributed by atoms with van der Waals surface area (Å²) in [5, 5.41) is 13.7. The summed E-state index contributed by atoms with van der Waals surface area (Å²) in [6, 6.07) is 37.9. The van der Waals surface area contributed by atoms with E-state index in [0.717, 1.165) is 81.2 Å². The Morgan fingerprint density at radius 1 is 0.711 bits per heavy atom. The number of fused-ring (bicyclic) bond motifs is 4. The second-order valence-corrected chi connectivity index (χ2v) is 25.8. The first-order chi connectivity index (χ1) is 43.6. The van der Waals surface area contributed by atoms with Gasteiger partial charge in [0.2, 0.25) is 28.8 Å². The molecule has 5 N–H and O–H groups in total. The van der Waals surface area contributed by atoms with Gasteiger partial charge in [-0.3, -0.25) is 42.7 Å². The Kier molecular flexibility index (Phi) is 22.4. The number of ether oxygens (including phenoxy) is 2. The number of rotatable bonds is 29. The topological polar surface area (TPSA) is 234 Å². The molecule has 7 aromatic rings. The molecule has 4 unspecified atom stereocenters. The molecule has 4 atom stereocenters. The first kappa shape index (κ1) is 65.3. The number of hydrogen-bond acceptors (Lipinski definition) is 15. The maximum absolute atomic E-state index is 13.4. The van der Waals surface area contributed by atoms with Gasteiger partial charge in [-0.2, -0.15) is 0 Å². The molecule has 10 rings (SSSR count). The smallest absolute Gasteiger partial charge is 0.382 e. The maximum atomic E-state index is 13.4. The molecule has 21 nitrogen and oxygen atoms in total. The monoisotopic (exact) mass is 1280 g/mol. The second-order valence-electron chi connectivity index (χ2n) is 22.2. The van der Waals surface area contributed by atoms with Gasteiger partial charge in [-0.15, -0.1) is 0 Å². The van der Waals surface area contributed by atoms with Crippen LogP contribution in [0.15, 0.2) is 163 Å². The third-order valence-corrected chi connectivity index (χ3v) is 19.2. The molecule has 6 heterocycles. The summed E-state index contributed by atoms with van der Waals surface area (Å²) in [7, 11) is 2.12. The second kappa shape index (κ2) is 30.9. The zero-order valence-corrected chi connectivity index (χ0v) is 53.5. The number of carbonyl (C=O) groups excluding carboxylic acids is 3. The van der Waals surface area contributed by atoms with Gasteiger partial charge >= 0.3 is 13.5 Å². The predicted octanol–water partition coefficient (Wildman–Crippen LogP) is 7.78. The summed E-state index contributed by atoms with van der Waals surface area (Å²) >= 11 is 3.51. The molecule has 1 saturated heterocycles. The van der Waals surface area contributed by atoms with Gasteiger partial charge < -0.3 is 40.1 Å². The van der Waals surface area contributed by atoms with Gasteiger partial charge in [0, 0.05) is 132 Å². The van der Waals surface area contributed by atoms with E-state index in [-0.39, 0.29) is 37.0 Å². The number of unbranched alkanes of at least 4 members (excludes halogenated alkanes) is 2. The normalized spacial score (nSPS) is 17.9. The molecule has 3 aliphatic heterocycles. The van der Waals surface area contributed by atoms with Crippen LogP contribution in [0.3, 0.4) is 0 Å². The van der Waals surface area contributed by atoms with E-state index in [1.807, 2.05) is 0 Å². The molecule has 1 fully saturated rings. The Hall–Kier alpha value is -7.70. The van der Waals surface area contributed by atoms with Crippen LogP contribution in [0.5, 0.6) is 0 Å². The molecule has 4 aromatic carbocycles. The van der Waals surface area contributed by atoms with Crippen molar-refractivity contribution in [3.05, 3.63) is 181 Å².